The summed E-state index contributed by atoms with van der Waals surface area (Å²) in [5.41, 5.74) is -0.530. The van der Waals surface area contributed by atoms with Gasteiger partial charge in [-0.05, 0) is 18.2 Å². The van der Waals surface area contributed by atoms with Gasteiger partial charge in [0.25, 0.3) is 0 Å². The van der Waals surface area contributed by atoms with E-state index >= 15 is 0 Å². The van der Waals surface area contributed by atoms with Crippen LogP contribution < -0.4 is 0 Å². The highest BCUT2D eigenvalue weighted by Crippen LogP contribution is 2.23. The molecular weight excluding hydrogens is 269 g/mol. The lowest BCUT2D eigenvalue weighted by molar-refractivity contribution is -0.0868. The molecule has 0 aromatic heterocycles. The van der Waals surface area contributed by atoms with Crippen LogP contribution in [0.5, 0.6) is 0 Å². The summed E-state index contributed by atoms with van der Waals surface area (Å²) in [6, 6.07) is 6.73. The molecule has 0 N–H and O–H groups in total. The maximum atomic E-state index is 12.0. The van der Waals surface area contributed by atoms with Crippen LogP contribution in [0.25, 0.3) is 0 Å². The molecule has 4 heteroatoms. The van der Waals surface area contributed by atoms with Gasteiger partial charge in [0.1, 0.15) is 0 Å². The van der Waals surface area contributed by atoms with Crippen LogP contribution in [0.15, 0.2) is 40.9 Å². The Bertz CT molecular complexity index is 435. The van der Waals surface area contributed by atoms with Crippen molar-refractivity contribution in [1.29, 1.82) is 0 Å². The molecule has 0 saturated carbocycles. The van der Waals surface area contributed by atoms with Gasteiger partial charge in [-0.1, -0.05) is 40.4 Å². The number of hydrogen-bond acceptors (Lipinski definition) is 0. The fourth-order valence-electron chi connectivity index (χ4n) is 0.785. The maximum absolute atomic E-state index is 12.0. The SMILES string of the molecule is C=C(C#Cc1cccc(Br)c1)C(F)(F)F. The van der Waals surface area contributed by atoms with Crippen LogP contribution in [-0.2, 0) is 0 Å². The first-order valence-electron chi connectivity index (χ1n) is 3.93. The molecule has 1 rings (SSSR count). The van der Waals surface area contributed by atoms with Crippen molar-refractivity contribution in [2.45, 2.75) is 6.18 Å². The van der Waals surface area contributed by atoms with Crippen molar-refractivity contribution in [3.8, 4) is 11.8 Å². The standard InChI is InChI=1S/C11H6BrF3/c1-8(11(13,14)15)5-6-9-3-2-4-10(12)7-9/h2-4,7H,1H2. The number of halogens is 4. The summed E-state index contributed by atoms with van der Waals surface area (Å²) in [6.45, 7) is 2.85. The minimum Gasteiger partial charge on any atom is -0.165 e. The summed E-state index contributed by atoms with van der Waals surface area (Å²) in [4.78, 5) is 0. The summed E-state index contributed by atoms with van der Waals surface area (Å²) in [5, 5.41) is 0. The molecule has 0 unspecified atom stereocenters. The monoisotopic (exact) mass is 274 g/mol. The van der Waals surface area contributed by atoms with Gasteiger partial charge in [0.15, 0.2) is 0 Å². The van der Waals surface area contributed by atoms with Crippen molar-refractivity contribution in [1.82, 2.24) is 0 Å². The highest BCUT2D eigenvalue weighted by Gasteiger charge is 2.30. The number of allylic oxidation sites excluding steroid dienone is 1. The highest BCUT2D eigenvalue weighted by molar-refractivity contribution is 9.10. The van der Waals surface area contributed by atoms with Crippen molar-refractivity contribution in [3.05, 3.63) is 46.5 Å². The van der Waals surface area contributed by atoms with Crippen molar-refractivity contribution in [2.75, 3.05) is 0 Å². The minimum atomic E-state index is -4.45. The Morgan fingerprint density at radius 2 is 2.00 bits per heavy atom. The summed E-state index contributed by atoms with van der Waals surface area (Å²) in [5.74, 6) is 4.37. The Morgan fingerprint density at radius 1 is 1.33 bits per heavy atom. The van der Waals surface area contributed by atoms with E-state index in [4.69, 9.17) is 0 Å². The fourth-order valence-corrected chi connectivity index (χ4v) is 1.18. The van der Waals surface area contributed by atoms with Gasteiger partial charge in [-0.15, -0.1) is 0 Å². The molecule has 0 aliphatic heterocycles. The average Bonchev–Trinajstić information content (AvgIpc) is 2.12. The average molecular weight is 275 g/mol. The predicted octanol–water partition coefficient (Wildman–Crippen LogP) is 3.92. The van der Waals surface area contributed by atoms with Crippen molar-refractivity contribution >= 4 is 15.9 Å². The van der Waals surface area contributed by atoms with Crippen LogP contribution in [0.3, 0.4) is 0 Å². The Kier molecular flexibility index (Phi) is 3.59. The second-order valence-corrected chi connectivity index (χ2v) is 3.65. The van der Waals surface area contributed by atoms with E-state index in [-0.39, 0.29) is 0 Å². The molecule has 0 atom stereocenters. The molecule has 0 aliphatic rings. The van der Waals surface area contributed by atoms with Crippen LogP contribution in [0, 0.1) is 11.8 Å². The molecule has 0 radical (unpaired) electrons. The van der Waals surface area contributed by atoms with Gasteiger partial charge in [-0.2, -0.15) is 13.2 Å². The van der Waals surface area contributed by atoms with Gasteiger partial charge < -0.3 is 0 Å². The fraction of sp³-hybridized carbons (Fsp3) is 0.0909. The van der Waals surface area contributed by atoms with Gasteiger partial charge in [0, 0.05) is 10.0 Å². The summed E-state index contributed by atoms with van der Waals surface area (Å²) < 4.78 is 36.8. The summed E-state index contributed by atoms with van der Waals surface area (Å²) >= 11 is 3.20. The molecule has 0 bridgehead atoms. The zero-order valence-corrected chi connectivity index (χ0v) is 9.11. The Hall–Kier alpha value is -1.21. The number of rotatable bonds is 0. The molecule has 0 saturated heterocycles. The van der Waals surface area contributed by atoms with E-state index in [1.165, 1.54) is 0 Å². The van der Waals surface area contributed by atoms with E-state index in [1.807, 2.05) is 5.92 Å². The first kappa shape index (κ1) is 11.9. The highest BCUT2D eigenvalue weighted by atomic mass is 79.9. The molecule has 1 aromatic rings. The molecule has 0 amide bonds. The second-order valence-electron chi connectivity index (χ2n) is 2.74. The predicted molar refractivity (Wildman–Crippen MR) is 56.2 cm³/mol. The van der Waals surface area contributed by atoms with Crippen LogP contribution in [0.1, 0.15) is 5.56 Å². The van der Waals surface area contributed by atoms with E-state index < -0.39 is 11.7 Å². The second kappa shape index (κ2) is 4.54. The van der Waals surface area contributed by atoms with E-state index in [1.54, 1.807) is 24.3 Å². The largest absolute Gasteiger partial charge is 0.423 e. The molecule has 0 nitrogen and oxygen atoms in total. The quantitative estimate of drug-likeness (QED) is 0.629. The number of hydrogen-bond donors (Lipinski definition) is 0. The smallest absolute Gasteiger partial charge is 0.165 e. The van der Waals surface area contributed by atoms with Crippen molar-refractivity contribution in [3.63, 3.8) is 0 Å². The maximum Gasteiger partial charge on any atom is 0.423 e. The van der Waals surface area contributed by atoms with Gasteiger partial charge in [0.05, 0.1) is 5.57 Å². The van der Waals surface area contributed by atoms with E-state index in [2.05, 4.69) is 28.4 Å². The topological polar surface area (TPSA) is 0 Å². The third kappa shape index (κ3) is 3.80. The van der Waals surface area contributed by atoms with E-state index in [0.717, 1.165) is 4.47 Å². The van der Waals surface area contributed by atoms with Gasteiger partial charge in [0.2, 0.25) is 0 Å². The molecule has 0 aliphatic carbocycles. The van der Waals surface area contributed by atoms with Crippen molar-refractivity contribution in [2.24, 2.45) is 0 Å². The minimum absolute atomic E-state index is 0.509. The van der Waals surface area contributed by atoms with E-state index in [9.17, 15) is 13.2 Å². The molecule has 78 valence electrons. The third-order valence-corrected chi connectivity index (χ3v) is 2.02. The van der Waals surface area contributed by atoms with Gasteiger partial charge in [-0.25, -0.2) is 0 Å². The number of benzene rings is 1. The lowest BCUT2D eigenvalue weighted by Crippen LogP contribution is -2.08. The Morgan fingerprint density at radius 3 is 2.53 bits per heavy atom. The lowest BCUT2D eigenvalue weighted by atomic mass is 10.2. The van der Waals surface area contributed by atoms with E-state index in [0.29, 0.717) is 5.56 Å². The Balaban J connectivity index is 2.88. The molecule has 15 heavy (non-hydrogen) atoms. The van der Waals surface area contributed by atoms with Crippen LogP contribution >= 0.6 is 15.9 Å². The molecule has 1 aromatic carbocycles. The van der Waals surface area contributed by atoms with Gasteiger partial charge in [-0.3, -0.25) is 0 Å². The first-order valence-corrected chi connectivity index (χ1v) is 4.72. The lowest BCUT2D eigenvalue weighted by Gasteiger charge is -2.01. The van der Waals surface area contributed by atoms with Gasteiger partial charge >= 0.3 is 6.18 Å². The van der Waals surface area contributed by atoms with Crippen LogP contribution in [-0.4, -0.2) is 6.18 Å². The molecular formula is C11H6BrF3. The normalized spacial score (nSPS) is 10.4. The molecule has 0 heterocycles. The van der Waals surface area contributed by atoms with Crippen LogP contribution in [0.4, 0.5) is 13.2 Å². The summed E-state index contributed by atoms with van der Waals surface area (Å²) in [6.07, 6.45) is -4.45. The van der Waals surface area contributed by atoms with Crippen molar-refractivity contribution < 1.29 is 13.2 Å². The zero-order chi connectivity index (χ0) is 11.5. The third-order valence-electron chi connectivity index (χ3n) is 1.52. The molecule has 0 fully saturated rings. The zero-order valence-electron chi connectivity index (χ0n) is 7.53. The van der Waals surface area contributed by atoms with Crippen LogP contribution in [0.2, 0.25) is 0 Å². The molecule has 0 spiro atoms. The first-order chi connectivity index (χ1) is 6.89. The Labute approximate surface area is 93.9 Å². The summed E-state index contributed by atoms with van der Waals surface area (Å²) in [7, 11) is 0. The number of alkyl halides is 3.